The molecule has 143 valence electrons. The molecule has 8 heteroatoms. The number of fused-ring (bicyclic) bond motifs is 1. The van der Waals surface area contributed by atoms with Crippen LogP contribution in [0.4, 0.5) is 17.5 Å². The molecule has 1 radical (unpaired) electrons. The molecule has 1 aliphatic carbocycles. The SMILES string of the molecule is CCn1cnc2c(Nc3cccc(C#N)c3)nc(NC3[CH]CC(O)CC3)nc21. The summed E-state index contributed by atoms with van der Waals surface area (Å²) in [4.78, 5) is 13.8. The monoisotopic (exact) mass is 376 g/mol. The van der Waals surface area contributed by atoms with Crippen molar-refractivity contribution in [2.75, 3.05) is 10.6 Å². The maximum Gasteiger partial charge on any atom is 0.227 e. The van der Waals surface area contributed by atoms with E-state index in [4.69, 9.17) is 5.26 Å². The van der Waals surface area contributed by atoms with E-state index in [1.807, 2.05) is 23.6 Å². The predicted octanol–water partition coefficient (Wildman–Crippen LogP) is 2.99. The lowest BCUT2D eigenvalue weighted by atomic mass is 9.93. The Morgan fingerprint density at radius 1 is 1.32 bits per heavy atom. The minimum atomic E-state index is -0.257. The molecule has 2 unspecified atom stereocenters. The molecule has 3 aromatic rings. The van der Waals surface area contributed by atoms with Gasteiger partial charge in [-0.2, -0.15) is 15.2 Å². The summed E-state index contributed by atoms with van der Waals surface area (Å²) in [5, 5.41) is 25.5. The quantitative estimate of drug-likeness (QED) is 0.627. The van der Waals surface area contributed by atoms with E-state index in [1.54, 1.807) is 18.5 Å². The van der Waals surface area contributed by atoms with Crippen LogP contribution in [0.3, 0.4) is 0 Å². The van der Waals surface area contributed by atoms with Crippen LogP contribution in [0.25, 0.3) is 11.2 Å². The van der Waals surface area contributed by atoms with Gasteiger partial charge >= 0.3 is 0 Å². The molecule has 3 N–H and O–H groups in total. The van der Waals surface area contributed by atoms with E-state index in [2.05, 4.69) is 38.1 Å². The largest absolute Gasteiger partial charge is 0.393 e. The van der Waals surface area contributed by atoms with E-state index in [0.717, 1.165) is 30.7 Å². The molecule has 0 amide bonds. The zero-order valence-electron chi connectivity index (χ0n) is 15.6. The first-order valence-electron chi connectivity index (χ1n) is 9.44. The van der Waals surface area contributed by atoms with Crippen LogP contribution in [0.1, 0.15) is 31.7 Å². The lowest BCUT2D eigenvalue weighted by Crippen LogP contribution is -2.29. The highest BCUT2D eigenvalue weighted by Crippen LogP contribution is 2.26. The Labute approximate surface area is 163 Å². The fourth-order valence-electron chi connectivity index (χ4n) is 3.36. The van der Waals surface area contributed by atoms with E-state index >= 15 is 0 Å². The van der Waals surface area contributed by atoms with Crippen LogP contribution >= 0.6 is 0 Å². The normalized spacial score (nSPS) is 19.3. The van der Waals surface area contributed by atoms with Crippen LogP contribution in [-0.2, 0) is 6.54 Å². The third-order valence-electron chi connectivity index (χ3n) is 4.88. The van der Waals surface area contributed by atoms with Gasteiger partial charge in [0, 0.05) is 18.3 Å². The van der Waals surface area contributed by atoms with Crippen molar-refractivity contribution in [1.29, 1.82) is 5.26 Å². The van der Waals surface area contributed by atoms with Crippen molar-refractivity contribution < 1.29 is 5.11 Å². The van der Waals surface area contributed by atoms with Crippen LogP contribution in [-0.4, -0.2) is 36.8 Å². The fourth-order valence-corrected chi connectivity index (χ4v) is 3.36. The van der Waals surface area contributed by atoms with Gasteiger partial charge in [0.2, 0.25) is 5.95 Å². The topological polar surface area (TPSA) is 112 Å². The molecule has 2 atom stereocenters. The molecule has 1 aromatic carbocycles. The smallest absolute Gasteiger partial charge is 0.227 e. The van der Waals surface area contributed by atoms with Gasteiger partial charge in [0.25, 0.3) is 0 Å². The second-order valence-electron chi connectivity index (χ2n) is 6.87. The van der Waals surface area contributed by atoms with E-state index in [9.17, 15) is 5.11 Å². The summed E-state index contributed by atoms with van der Waals surface area (Å²) in [6, 6.07) is 9.50. The number of aliphatic hydroxyl groups excluding tert-OH is 1. The van der Waals surface area contributed by atoms with Crippen molar-refractivity contribution in [3.8, 4) is 6.07 Å². The molecule has 0 aliphatic heterocycles. The van der Waals surface area contributed by atoms with Gasteiger partial charge in [0.05, 0.1) is 24.1 Å². The number of nitrogens with zero attached hydrogens (tertiary/aromatic N) is 5. The van der Waals surface area contributed by atoms with Crippen LogP contribution in [0.5, 0.6) is 0 Å². The number of hydrogen-bond acceptors (Lipinski definition) is 7. The van der Waals surface area contributed by atoms with Gasteiger partial charge in [0.15, 0.2) is 17.0 Å². The van der Waals surface area contributed by atoms with Crippen LogP contribution < -0.4 is 10.6 Å². The molecule has 0 bridgehead atoms. The van der Waals surface area contributed by atoms with Crippen LogP contribution in [0.2, 0.25) is 0 Å². The lowest BCUT2D eigenvalue weighted by molar-refractivity contribution is 0.145. The second kappa shape index (κ2) is 7.82. The summed E-state index contributed by atoms with van der Waals surface area (Å²) >= 11 is 0. The average Bonchev–Trinajstić information content (AvgIpc) is 3.13. The predicted molar refractivity (Wildman–Crippen MR) is 107 cm³/mol. The molecule has 1 fully saturated rings. The first kappa shape index (κ1) is 18.2. The zero-order valence-corrected chi connectivity index (χ0v) is 15.6. The molecular weight excluding hydrogens is 354 g/mol. The number of nitriles is 1. The Morgan fingerprint density at radius 3 is 2.96 bits per heavy atom. The number of aliphatic hydroxyl groups is 1. The Balaban J connectivity index is 1.67. The van der Waals surface area contributed by atoms with Gasteiger partial charge in [-0.25, -0.2) is 4.98 Å². The van der Waals surface area contributed by atoms with E-state index in [0.29, 0.717) is 29.3 Å². The molecule has 4 rings (SSSR count). The highest BCUT2D eigenvalue weighted by atomic mass is 16.3. The molecule has 2 aromatic heterocycles. The van der Waals surface area contributed by atoms with Crippen LogP contribution in [0, 0.1) is 17.8 Å². The highest BCUT2D eigenvalue weighted by molar-refractivity contribution is 5.86. The Kier molecular flexibility index (Phi) is 5.08. The zero-order chi connectivity index (χ0) is 19.5. The number of anilines is 3. The molecule has 8 nitrogen and oxygen atoms in total. The van der Waals surface area contributed by atoms with Gasteiger partial charge in [0.1, 0.15) is 0 Å². The molecule has 28 heavy (non-hydrogen) atoms. The number of aryl methyl sites for hydroxylation is 1. The molecule has 1 saturated carbocycles. The standard InChI is InChI=1S/C20H22N7O/c1-2-27-12-22-17-18(23-15-5-3-4-13(10-15)11-21)25-20(26-19(17)27)24-14-6-8-16(28)9-7-14/h3-6,10,12,14,16,28H,2,7-9H2,1H3,(H2,23,24,25,26). The third kappa shape index (κ3) is 3.75. The highest BCUT2D eigenvalue weighted by Gasteiger charge is 2.21. The Hall–Kier alpha value is -3.18. The van der Waals surface area contributed by atoms with E-state index < -0.39 is 0 Å². The van der Waals surface area contributed by atoms with Crippen molar-refractivity contribution in [3.05, 3.63) is 42.6 Å². The maximum absolute atomic E-state index is 9.69. The minimum Gasteiger partial charge on any atom is -0.393 e. The molecule has 1 aliphatic rings. The van der Waals surface area contributed by atoms with Gasteiger partial charge in [-0.15, -0.1) is 0 Å². The van der Waals surface area contributed by atoms with Crippen LogP contribution in [0.15, 0.2) is 30.6 Å². The number of aromatic nitrogens is 4. The second-order valence-corrected chi connectivity index (χ2v) is 6.87. The van der Waals surface area contributed by atoms with Gasteiger partial charge < -0.3 is 20.3 Å². The Bertz CT molecular complexity index is 1020. The average molecular weight is 376 g/mol. The van der Waals surface area contributed by atoms with Crippen molar-refractivity contribution in [2.45, 2.75) is 44.9 Å². The van der Waals surface area contributed by atoms with E-state index in [1.165, 1.54) is 0 Å². The number of rotatable bonds is 5. The first-order chi connectivity index (χ1) is 13.7. The number of hydrogen-bond donors (Lipinski definition) is 3. The summed E-state index contributed by atoms with van der Waals surface area (Å²) in [5.74, 6) is 1.10. The Morgan fingerprint density at radius 2 is 2.21 bits per heavy atom. The van der Waals surface area contributed by atoms with Crippen molar-refractivity contribution in [1.82, 2.24) is 19.5 Å². The number of imidazole rings is 1. The van der Waals surface area contributed by atoms with Gasteiger partial charge in [-0.3, -0.25) is 0 Å². The van der Waals surface area contributed by atoms with Crippen molar-refractivity contribution in [2.24, 2.45) is 0 Å². The minimum absolute atomic E-state index is 0.119. The summed E-state index contributed by atoms with van der Waals surface area (Å²) in [6.07, 6.45) is 5.83. The summed E-state index contributed by atoms with van der Waals surface area (Å²) in [7, 11) is 0. The van der Waals surface area contributed by atoms with Gasteiger partial charge in [-0.05, 0) is 50.8 Å². The van der Waals surface area contributed by atoms with E-state index in [-0.39, 0.29) is 12.1 Å². The summed E-state index contributed by atoms with van der Waals surface area (Å²) in [6.45, 7) is 2.79. The van der Waals surface area contributed by atoms with Crippen molar-refractivity contribution in [3.63, 3.8) is 0 Å². The molecule has 0 spiro atoms. The lowest BCUT2D eigenvalue weighted by Gasteiger charge is -2.26. The fraction of sp³-hybridized carbons (Fsp3) is 0.350. The number of nitrogens with one attached hydrogen (secondary N) is 2. The van der Waals surface area contributed by atoms with Crippen molar-refractivity contribution >= 4 is 28.6 Å². The molecule has 2 heterocycles. The summed E-state index contributed by atoms with van der Waals surface area (Å²) in [5.41, 5.74) is 2.76. The first-order valence-corrected chi connectivity index (χ1v) is 9.44. The molecule has 0 saturated heterocycles. The maximum atomic E-state index is 9.69. The van der Waals surface area contributed by atoms with Gasteiger partial charge in [-0.1, -0.05) is 6.07 Å². The molecular formula is C20H22N7O. The summed E-state index contributed by atoms with van der Waals surface area (Å²) < 4.78 is 1.97. The third-order valence-corrected chi connectivity index (χ3v) is 4.88. The number of benzene rings is 1.